The zero-order valence-corrected chi connectivity index (χ0v) is 18.9. The minimum Gasteiger partial charge on any atom is -0.485 e. The van der Waals surface area contributed by atoms with Crippen LogP contribution in [0, 0.1) is 0 Å². The summed E-state index contributed by atoms with van der Waals surface area (Å²) in [6, 6.07) is 13.9. The highest BCUT2D eigenvalue weighted by Gasteiger charge is 2.27. The van der Waals surface area contributed by atoms with Gasteiger partial charge in [-0.1, -0.05) is 24.3 Å². The van der Waals surface area contributed by atoms with Gasteiger partial charge in [0.25, 0.3) is 0 Å². The number of pyridine rings is 2. The molecule has 0 unspecified atom stereocenters. The number of piperidine rings is 1. The molecule has 1 N–H and O–H groups in total. The number of nitrogens with zero attached hydrogens (tertiary/aromatic N) is 4. The summed E-state index contributed by atoms with van der Waals surface area (Å²) in [5.41, 5.74) is 3.56. The number of ether oxygens (including phenoxy) is 1. The molecule has 1 saturated heterocycles. The number of nitrogens with one attached hydrogen (secondary N) is 1. The summed E-state index contributed by atoms with van der Waals surface area (Å²) in [7, 11) is 0. The lowest BCUT2D eigenvalue weighted by Crippen LogP contribution is -2.44. The third-order valence-corrected chi connectivity index (χ3v) is 6.01. The van der Waals surface area contributed by atoms with E-state index in [-0.39, 0.29) is 24.8 Å². The molecule has 168 valence electrons. The van der Waals surface area contributed by atoms with Crippen LogP contribution in [-0.2, 0) is 0 Å². The Morgan fingerprint density at radius 1 is 1.00 bits per heavy atom. The van der Waals surface area contributed by atoms with Crippen molar-refractivity contribution < 1.29 is 9.13 Å². The maximum absolute atomic E-state index is 14.3. The maximum atomic E-state index is 14.3. The minimum atomic E-state index is -1.03. The van der Waals surface area contributed by atoms with Crippen LogP contribution >= 0.6 is 24.8 Å². The van der Waals surface area contributed by atoms with Crippen molar-refractivity contribution in [2.45, 2.75) is 37.5 Å². The van der Waals surface area contributed by atoms with Crippen LogP contribution in [0.5, 0.6) is 5.75 Å². The number of alkyl halides is 1. The zero-order chi connectivity index (χ0) is 20.1. The van der Waals surface area contributed by atoms with Crippen molar-refractivity contribution in [1.82, 2.24) is 24.9 Å². The molecule has 6 rings (SSSR count). The van der Waals surface area contributed by atoms with E-state index < -0.39 is 12.3 Å². The molecule has 0 radical (unpaired) electrons. The summed E-state index contributed by atoms with van der Waals surface area (Å²) in [5.74, 6) is 1.96. The molecule has 2 fully saturated rings. The molecule has 1 saturated carbocycles. The van der Waals surface area contributed by atoms with E-state index >= 15 is 0 Å². The Hall–Kier alpha value is -2.48. The molecule has 32 heavy (non-hydrogen) atoms. The van der Waals surface area contributed by atoms with E-state index in [4.69, 9.17) is 9.72 Å². The predicted octanol–water partition coefficient (Wildman–Crippen LogP) is 4.74. The molecule has 1 aliphatic heterocycles. The highest BCUT2D eigenvalue weighted by Crippen LogP contribution is 2.40. The summed E-state index contributed by atoms with van der Waals surface area (Å²) >= 11 is 0. The summed E-state index contributed by atoms with van der Waals surface area (Å²) in [6.45, 7) is 1.08. The second-order valence-corrected chi connectivity index (χ2v) is 8.18. The Balaban J connectivity index is 0.00000122. The molecule has 4 aromatic rings. The third-order valence-electron chi connectivity index (χ3n) is 6.01. The Kier molecular flexibility index (Phi) is 6.51. The molecular weight excluding hydrogens is 452 g/mol. The van der Waals surface area contributed by atoms with Crippen molar-refractivity contribution >= 4 is 41.4 Å². The topological polar surface area (TPSA) is 64.3 Å². The number of fused-ring (bicyclic) bond motifs is 2. The molecule has 2 aliphatic rings. The maximum Gasteiger partial charge on any atom is 0.187 e. The van der Waals surface area contributed by atoms with Gasteiger partial charge in [-0.2, -0.15) is 0 Å². The Labute approximate surface area is 197 Å². The summed E-state index contributed by atoms with van der Waals surface area (Å²) < 4.78 is 22.4. The van der Waals surface area contributed by atoms with E-state index in [9.17, 15) is 4.39 Å². The molecule has 0 spiro atoms. The first-order chi connectivity index (χ1) is 14.8. The van der Waals surface area contributed by atoms with E-state index in [1.54, 1.807) is 0 Å². The second-order valence-electron chi connectivity index (χ2n) is 8.18. The zero-order valence-electron chi connectivity index (χ0n) is 17.3. The van der Waals surface area contributed by atoms with Crippen LogP contribution in [0.15, 0.2) is 48.7 Å². The quantitative estimate of drug-likeness (QED) is 0.461. The van der Waals surface area contributed by atoms with E-state index in [1.165, 1.54) is 18.4 Å². The van der Waals surface area contributed by atoms with Crippen LogP contribution in [0.1, 0.15) is 30.7 Å². The monoisotopic (exact) mass is 475 g/mol. The van der Waals surface area contributed by atoms with E-state index in [0.29, 0.717) is 30.5 Å². The molecule has 9 heteroatoms. The standard InChI is InChI=1S/C23H22FN5O.2ClH/c24-17-12-25-11-10-19(17)30-20-3-1-2-15-6-8-18(26-22(15)20)23-28-27-21-9-7-16(13-29(21)23)14-4-5-14;;/h1-3,6-9,13-14,17,19,25H,4-5,10-12H2;2*1H/t17-,19+;;/m1../s1. The predicted molar refractivity (Wildman–Crippen MR) is 127 cm³/mol. The van der Waals surface area contributed by atoms with Crippen molar-refractivity contribution in [3.63, 3.8) is 0 Å². The average molecular weight is 476 g/mol. The van der Waals surface area contributed by atoms with Crippen LogP contribution < -0.4 is 10.1 Å². The number of para-hydroxylation sites is 1. The molecule has 1 aromatic carbocycles. The number of benzene rings is 1. The van der Waals surface area contributed by atoms with Crippen LogP contribution in [0.4, 0.5) is 4.39 Å². The average Bonchev–Trinajstić information content (AvgIpc) is 3.54. The largest absolute Gasteiger partial charge is 0.485 e. The van der Waals surface area contributed by atoms with E-state index in [1.807, 2.05) is 40.8 Å². The first kappa shape index (κ1) is 22.7. The number of aromatic nitrogens is 4. The van der Waals surface area contributed by atoms with Crippen LogP contribution in [-0.4, -0.2) is 44.9 Å². The first-order valence-corrected chi connectivity index (χ1v) is 10.5. The lowest BCUT2D eigenvalue weighted by molar-refractivity contribution is 0.0742. The minimum absolute atomic E-state index is 0. The summed E-state index contributed by atoms with van der Waals surface area (Å²) in [5, 5.41) is 12.7. The van der Waals surface area contributed by atoms with Crippen molar-refractivity contribution in [1.29, 1.82) is 0 Å². The summed E-state index contributed by atoms with van der Waals surface area (Å²) in [6.07, 6.45) is 3.75. The third kappa shape index (κ3) is 4.12. The number of hydrogen-bond acceptors (Lipinski definition) is 5. The Bertz CT molecular complexity index is 1250. The fraction of sp³-hybridized carbons (Fsp3) is 0.348. The fourth-order valence-electron chi connectivity index (χ4n) is 4.17. The highest BCUT2D eigenvalue weighted by atomic mass is 35.5. The second kappa shape index (κ2) is 9.17. The van der Waals surface area contributed by atoms with Gasteiger partial charge in [-0.15, -0.1) is 35.0 Å². The van der Waals surface area contributed by atoms with Gasteiger partial charge in [-0.3, -0.25) is 4.40 Å². The SMILES string of the molecule is Cl.Cl.F[C@@H]1CNCC[C@@H]1Oc1cccc2ccc(-c3nnc4ccc(C5CC5)cn34)nc12. The number of hydrogen-bond donors (Lipinski definition) is 1. The lowest BCUT2D eigenvalue weighted by Gasteiger charge is -2.27. The fourth-order valence-corrected chi connectivity index (χ4v) is 4.17. The van der Waals surface area contributed by atoms with Gasteiger partial charge < -0.3 is 10.1 Å². The van der Waals surface area contributed by atoms with Crippen molar-refractivity contribution in [2.24, 2.45) is 0 Å². The molecular formula is C23H24Cl2FN5O. The van der Waals surface area contributed by atoms with Crippen LogP contribution in [0.25, 0.3) is 28.1 Å². The van der Waals surface area contributed by atoms with Crippen molar-refractivity contribution in [3.8, 4) is 17.3 Å². The van der Waals surface area contributed by atoms with Gasteiger partial charge in [0.05, 0.1) is 0 Å². The number of halogens is 3. The molecule has 6 nitrogen and oxygen atoms in total. The van der Waals surface area contributed by atoms with Crippen LogP contribution in [0.3, 0.4) is 0 Å². The molecule has 2 atom stereocenters. The van der Waals surface area contributed by atoms with Gasteiger partial charge in [0, 0.05) is 18.1 Å². The first-order valence-electron chi connectivity index (χ1n) is 10.5. The van der Waals surface area contributed by atoms with Gasteiger partial charge in [-0.25, -0.2) is 9.37 Å². The molecule has 0 amide bonds. The van der Waals surface area contributed by atoms with Gasteiger partial charge in [-0.05, 0) is 55.5 Å². The van der Waals surface area contributed by atoms with Gasteiger partial charge in [0.15, 0.2) is 11.5 Å². The number of rotatable bonds is 4. The molecule has 3 aromatic heterocycles. The van der Waals surface area contributed by atoms with Crippen molar-refractivity contribution in [3.05, 3.63) is 54.2 Å². The van der Waals surface area contributed by atoms with Gasteiger partial charge >= 0.3 is 0 Å². The highest BCUT2D eigenvalue weighted by molar-refractivity contribution is 5.86. The van der Waals surface area contributed by atoms with Crippen molar-refractivity contribution in [2.75, 3.05) is 13.1 Å². The van der Waals surface area contributed by atoms with Crippen LogP contribution in [0.2, 0.25) is 0 Å². The smallest absolute Gasteiger partial charge is 0.187 e. The van der Waals surface area contributed by atoms with E-state index in [2.05, 4.69) is 27.8 Å². The lowest BCUT2D eigenvalue weighted by atomic mass is 10.1. The Morgan fingerprint density at radius 3 is 2.69 bits per heavy atom. The molecule has 0 bridgehead atoms. The molecule has 1 aliphatic carbocycles. The van der Waals surface area contributed by atoms with Gasteiger partial charge in [0.2, 0.25) is 0 Å². The molecule has 4 heterocycles. The normalized spacial score (nSPS) is 20.5. The Morgan fingerprint density at radius 2 is 1.88 bits per heavy atom. The van der Waals surface area contributed by atoms with E-state index in [0.717, 1.165) is 28.8 Å². The summed E-state index contributed by atoms with van der Waals surface area (Å²) in [4.78, 5) is 4.86. The van der Waals surface area contributed by atoms with Gasteiger partial charge in [0.1, 0.15) is 29.2 Å².